The number of halogens is 3. The molecule has 4 aromatic rings. The zero-order valence-electron chi connectivity index (χ0n) is 30.2. The van der Waals surface area contributed by atoms with Crippen LogP contribution in [0.3, 0.4) is 0 Å². The molecule has 0 spiro atoms. The summed E-state index contributed by atoms with van der Waals surface area (Å²) in [5.74, 6) is -4.38. The van der Waals surface area contributed by atoms with Gasteiger partial charge in [-0.2, -0.15) is 13.2 Å². The number of pyridine rings is 1. The predicted molar refractivity (Wildman–Crippen MR) is 194 cm³/mol. The number of alkyl halides is 3. The highest BCUT2D eigenvalue weighted by Crippen LogP contribution is 2.35. The van der Waals surface area contributed by atoms with Crippen molar-refractivity contribution in [3.05, 3.63) is 84.4 Å². The molecule has 3 N–H and O–H groups in total. The SMILES string of the molecule is COc1ccc2c(O[C@@H]3C[C@H]4C(=O)N[C@@H](C(=O)O)CCCOc5cccc(c5)C[C@@H](NC(=O)CC(C)C(F)(F)F)C(=O)N4C3)cc(-c3ccccc3)nc2c1. The maximum atomic E-state index is 14.5. The molecular formula is C40H41F3N4O8. The molecular weight excluding hydrogens is 721 g/mol. The number of nitrogens with zero attached hydrogens (tertiary/aromatic N) is 2. The van der Waals surface area contributed by atoms with E-state index in [1.807, 2.05) is 30.3 Å². The van der Waals surface area contributed by atoms with Crippen molar-refractivity contribution < 1.29 is 51.7 Å². The Bertz CT molecular complexity index is 2050. The maximum absolute atomic E-state index is 14.5. The summed E-state index contributed by atoms with van der Waals surface area (Å²) in [7, 11) is 1.53. The van der Waals surface area contributed by atoms with Crippen LogP contribution in [0.4, 0.5) is 13.2 Å². The number of carboxylic acids is 1. The summed E-state index contributed by atoms with van der Waals surface area (Å²) in [6.45, 7) is 0.839. The number of benzene rings is 3. The maximum Gasteiger partial charge on any atom is 0.392 e. The Labute approximate surface area is 315 Å². The molecule has 2 aliphatic rings. The van der Waals surface area contributed by atoms with E-state index in [0.29, 0.717) is 39.4 Å². The smallest absolute Gasteiger partial charge is 0.392 e. The third kappa shape index (κ3) is 9.45. The Morgan fingerprint density at radius 3 is 2.58 bits per heavy atom. The van der Waals surface area contributed by atoms with Crippen LogP contribution >= 0.6 is 0 Å². The lowest BCUT2D eigenvalue weighted by molar-refractivity contribution is -0.174. The first-order valence-electron chi connectivity index (χ1n) is 17.9. The van der Waals surface area contributed by atoms with Gasteiger partial charge in [0.05, 0.1) is 37.4 Å². The van der Waals surface area contributed by atoms with Crippen molar-refractivity contribution in [1.29, 1.82) is 0 Å². The Morgan fingerprint density at radius 1 is 1.07 bits per heavy atom. The van der Waals surface area contributed by atoms with Crippen molar-refractivity contribution in [2.75, 3.05) is 20.3 Å². The molecule has 2 bridgehead atoms. The van der Waals surface area contributed by atoms with Gasteiger partial charge in [0.25, 0.3) is 0 Å². The van der Waals surface area contributed by atoms with Crippen LogP contribution in [0.1, 0.15) is 38.2 Å². The highest BCUT2D eigenvalue weighted by molar-refractivity contribution is 5.94. The lowest BCUT2D eigenvalue weighted by Crippen LogP contribution is -2.56. The van der Waals surface area contributed by atoms with Gasteiger partial charge in [0.15, 0.2) is 0 Å². The molecule has 6 rings (SSSR count). The van der Waals surface area contributed by atoms with Crippen molar-refractivity contribution in [2.45, 2.75) is 69.4 Å². The number of fused-ring (bicyclic) bond motifs is 4. The van der Waals surface area contributed by atoms with Gasteiger partial charge in [0.2, 0.25) is 17.7 Å². The molecule has 1 unspecified atom stereocenters. The molecule has 5 atom stereocenters. The second kappa shape index (κ2) is 16.7. The molecule has 2 aliphatic heterocycles. The number of nitrogens with one attached hydrogen (secondary N) is 2. The van der Waals surface area contributed by atoms with Gasteiger partial charge >= 0.3 is 12.1 Å². The standard InChI is InChI=1S/C40H41F3N4O8/c1-23(40(41,42)43)16-36(48)45-33-18-24-8-6-11-27(17-24)54-15-7-12-30(39(51)52)46-37(49)34-20-28(22-47(34)38(33)50)55-35-21-31(25-9-4-3-5-10-25)44-32-19-26(53-2)13-14-29(32)35/h3-6,8-11,13-14,17,19,21,23,28,30,33-34H,7,12,15-16,18,20,22H2,1-2H3,(H,45,48)(H,46,49)(H,51,52)/t23?,28-,30-,33-,34+/m1/s1. The summed E-state index contributed by atoms with van der Waals surface area (Å²) in [5.41, 5.74) is 2.49. The highest BCUT2D eigenvalue weighted by atomic mass is 19.4. The van der Waals surface area contributed by atoms with Crippen LogP contribution in [0, 0.1) is 5.92 Å². The van der Waals surface area contributed by atoms with Gasteiger partial charge in [-0.05, 0) is 42.7 Å². The molecule has 3 amide bonds. The lowest BCUT2D eigenvalue weighted by atomic mass is 10.0. The Hall–Kier alpha value is -5.86. The van der Waals surface area contributed by atoms with Gasteiger partial charge in [-0.25, -0.2) is 9.78 Å². The number of carbonyl (C=O) groups excluding carboxylic acids is 3. The first kappa shape index (κ1) is 38.9. The van der Waals surface area contributed by atoms with Crippen LogP contribution in [-0.4, -0.2) is 89.3 Å². The molecule has 1 fully saturated rings. The number of rotatable bonds is 8. The molecule has 12 nitrogen and oxygen atoms in total. The van der Waals surface area contributed by atoms with E-state index in [0.717, 1.165) is 12.5 Å². The molecule has 1 saturated heterocycles. The zero-order chi connectivity index (χ0) is 39.3. The minimum Gasteiger partial charge on any atom is -0.497 e. The van der Waals surface area contributed by atoms with Gasteiger partial charge in [0, 0.05) is 42.3 Å². The number of aromatic nitrogens is 1. The Kier molecular flexibility index (Phi) is 11.8. The normalized spacial score (nSPS) is 21.3. The fraction of sp³-hybridized carbons (Fsp3) is 0.375. The van der Waals surface area contributed by atoms with E-state index in [2.05, 4.69) is 10.6 Å². The number of hydrogen-bond acceptors (Lipinski definition) is 8. The minimum absolute atomic E-state index is 0.0339. The number of amides is 3. The van der Waals surface area contributed by atoms with Crippen LogP contribution in [0.25, 0.3) is 22.2 Å². The van der Waals surface area contributed by atoms with Crippen molar-refractivity contribution in [3.8, 4) is 28.5 Å². The summed E-state index contributed by atoms with van der Waals surface area (Å²) in [4.78, 5) is 59.8. The van der Waals surface area contributed by atoms with E-state index < -0.39 is 66.4 Å². The molecule has 55 heavy (non-hydrogen) atoms. The minimum atomic E-state index is -4.64. The molecule has 0 radical (unpaired) electrons. The van der Waals surface area contributed by atoms with E-state index in [1.165, 1.54) is 12.0 Å². The molecule has 1 aromatic heterocycles. The summed E-state index contributed by atoms with van der Waals surface area (Å²) in [6.07, 6.45) is -6.25. The summed E-state index contributed by atoms with van der Waals surface area (Å²) < 4.78 is 58.1. The average molecular weight is 763 g/mol. The van der Waals surface area contributed by atoms with E-state index >= 15 is 0 Å². The number of aliphatic carboxylic acids is 1. The van der Waals surface area contributed by atoms with E-state index in [1.54, 1.807) is 48.5 Å². The monoisotopic (exact) mass is 762 g/mol. The predicted octanol–water partition coefficient (Wildman–Crippen LogP) is 5.32. The van der Waals surface area contributed by atoms with Crippen LogP contribution in [0.2, 0.25) is 0 Å². The number of carboxylic acid groups (broad SMARTS) is 1. The Morgan fingerprint density at radius 2 is 1.85 bits per heavy atom. The molecule has 290 valence electrons. The largest absolute Gasteiger partial charge is 0.497 e. The van der Waals surface area contributed by atoms with Gasteiger partial charge < -0.3 is 34.9 Å². The van der Waals surface area contributed by atoms with Crippen molar-refractivity contribution >= 4 is 34.6 Å². The second-order valence-electron chi connectivity index (χ2n) is 13.7. The van der Waals surface area contributed by atoms with E-state index in [4.69, 9.17) is 19.2 Å². The third-order valence-corrected chi connectivity index (χ3v) is 9.73. The van der Waals surface area contributed by atoms with Crippen molar-refractivity contribution in [1.82, 2.24) is 20.5 Å². The van der Waals surface area contributed by atoms with Crippen LogP contribution in [0.15, 0.2) is 78.9 Å². The van der Waals surface area contributed by atoms with Crippen LogP contribution in [-0.2, 0) is 25.6 Å². The van der Waals surface area contributed by atoms with Gasteiger partial charge in [-0.15, -0.1) is 0 Å². The molecule has 3 heterocycles. The topological polar surface area (TPSA) is 156 Å². The first-order valence-corrected chi connectivity index (χ1v) is 17.9. The molecule has 0 aliphatic carbocycles. The van der Waals surface area contributed by atoms with Gasteiger partial charge in [-0.1, -0.05) is 49.4 Å². The number of carbonyl (C=O) groups is 4. The quantitative estimate of drug-likeness (QED) is 0.216. The van der Waals surface area contributed by atoms with Crippen LogP contribution in [0.5, 0.6) is 17.2 Å². The molecule has 15 heteroatoms. The van der Waals surface area contributed by atoms with E-state index in [-0.39, 0.29) is 38.8 Å². The zero-order valence-corrected chi connectivity index (χ0v) is 30.2. The third-order valence-electron chi connectivity index (χ3n) is 9.73. The summed E-state index contributed by atoms with van der Waals surface area (Å²) in [6, 6.07) is 19.1. The fourth-order valence-corrected chi connectivity index (χ4v) is 6.76. The highest BCUT2D eigenvalue weighted by Gasteiger charge is 2.45. The lowest BCUT2D eigenvalue weighted by Gasteiger charge is -2.29. The summed E-state index contributed by atoms with van der Waals surface area (Å²) in [5, 5.41) is 15.7. The molecule has 0 saturated carbocycles. The van der Waals surface area contributed by atoms with Crippen LogP contribution < -0.4 is 24.8 Å². The molecule has 3 aromatic carbocycles. The fourth-order valence-electron chi connectivity index (χ4n) is 6.76. The number of hydrogen-bond donors (Lipinski definition) is 3. The van der Waals surface area contributed by atoms with Gasteiger partial charge in [-0.3, -0.25) is 14.4 Å². The average Bonchev–Trinajstić information content (AvgIpc) is 3.58. The first-order chi connectivity index (χ1) is 26.3. The summed E-state index contributed by atoms with van der Waals surface area (Å²) >= 11 is 0. The van der Waals surface area contributed by atoms with E-state index in [9.17, 15) is 37.5 Å². The van der Waals surface area contributed by atoms with Crippen molar-refractivity contribution in [2.24, 2.45) is 5.92 Å². The number of ether oxygens (including phenoxy) is 3. The van der Waals surface area contributed by atoms with Crippen molar-refractivity contribution in [3.63, 3.8) is 0 Å². The Balaban J connectivity index is 1.37. The number of methoxy groups -OCH3 is 1. The van der Waals surface area contributed by atoms with Gasteiger partial charge in [0.1, 0.15) is 41.5 Å². The second-order valence-corrected chi connectivity index (χ2v) is 13.7.